The van der Waals surface area contributed by atoms with Gasteiger partial charge in [0, 0.05) is 34.5 Å². The van der Waals surface area contributed by atoms with E-state index in [1.807, 2.05) is 18.3 Å². The van der Waals surface area contributed by atoms with Crippen LogP contribution in [0, 0.1) is 0 Å². The second-order valence-corrected chi connectivity index (χ2v) is 8.91. The molecular weight excluding hydrogens is 440 g/mol. The summed E-state index contributed by atoms with van der Waals surface area (Å²) in [5.41, 5.74) is 7.21. The first-order valence-electron chi connectivity index (χ1n) is 12.0. The summed E-state index contributed by atoms with van der Waals surface area (Å²) in [5, 5.41) is 4.49. The molecule has 3 nitrogen and oxygen atoms in total. The number of nitrogens with zero attached hydrogens (tertiary/aromatic N) is 2. The number of fused-ring (bicyclic) bond motifs is 4. The van der Waals surface area contributed by atoms with E-state index in [2.05, 4.69) is 119 Å². The van der Waals surface area contributed by atoms with Crippen LogP contribution in [0.5, 0.6) is 0 Å². The van der Waals surface area contributed by atoms with Gasteiger partial charge in [0.15, 0.2) is 5.58 Å². The normalized spacial score (nSPS) is 11.3. The fraction of sp³-hybridized carbons (Fsp3) is 0. The standard InChI is InChI=1S/C33H22N2O/c1-2-7-23(8-3-1)25-13-16-27(17-14-25)35(28-18-15-24-9-4-5-10-26(24)21-28)31-12-6-11-29-30-22-34-20-19-32(30)36-33(29)31/h1-22H. The Labute approximate surface area is 208 Å². The number of furan rings is 1. The van der Waals surface area contributed by atoms with Crippen molar-refractivity contribution in [3.05, 3.63) is 134 Å². The third kappa shape index (κ3) is 3.41. The van der Waals surface area contributed by atoms with Crippen molar-refractivity contribution in [2.24, 2.45) is 0 Å². The van der Waals surface area contributed by atoms with Gasteiger partial charge in [-0.15, -0.1) is 0 Å². The van der Waals surface area contributed by atoms with E-state index in [-0.39, 0.29) is 0 Å². The summed E-state index contributed by atoms with van der Waals surface area (Å²) in [5.74, 6) is 0. The van der Waals surface area contributed by atoms with Gasteiger partial charge >= 0.3 is 0 Å². The zero-order valence-corrected chi connectivity index (χ0v) is 19.5. The Morgan fingerprint density at radius 2 is 1.31 bits per heavy atom. The van der Waals surface area contributed by atoms with Crippen LogP contribution in [0.2, 0.25) is 0 Å². The predicted octanol–water partition coefficient (Wildman–Crippen LogP) is 9.27. The molecule has 0 atom stereocenters. The molecule has 0 amide bonds. The van der Waals surface area contributed by atoms with Crippen LogP contribution in [0.3, 0.4) is 0 Å². The molecule has 0 bridgehead atoms. The average Bonchev–Trinajstić information content (AvgIpc) is 3.34. The molecular formula is C33H22N2O. The van der Waals surface area contributed by atoms with Crippen LogP contribution in [-0.4, -0.2) is 4.98 Å². The van der Waals surface area contributed by atoms with E-state index in [0.29, 0.717) is 0 Å². The van der Waals surface area contributed by atoms with Gasteiger partial charge in [0.05, 0.1) is 5.69 Å². The van der Waals surface area contributed by atoms with Crippen molar-refractivity contribution >= 4 is 49.8 Å². The molecule has 0 radical (unpaired) electrons. The number of rotatable bonds is 4. The molecule has 2 heterocycles. The van der Waals surface area contributed by atoms with Crippen molar-refractivity contribution in [2.75, 3.05) is 4.90 Å². The maximum Gasteiger partial charge on any atom is 0.159 e. The minimum absolute atomic E-state index is 0.838. The summed E-state index contributed by atoms with van der Waals surface area (Å²) >= 11 is 0. The Hall–Kier alpha value is -4.89. The summed E-state index contributed by atoms with van der Waals surface area (Å²) in [4.78, 5) is 6.60. The summed E-state index contributed by atoms with van der Waals surface area (Å²) in [7, 11) is 0. The Balaban J connectivity index is 1.45. The highest BCUT2D eigenvalue weighted by Crippen LogP contribution is 2.42. The maximum atomic E-state index is 6.41. The van der Waals surface area contributed by atoms with E-state index in [0.717, 1.165) is 39.0 Å². The molecule has 5 aromatic carbocycles. The molecule has 0 N–H and O–H groups in total. The molecule has 0 aliphatic rings. The van der Waals surface area contributed by atoms with E-state index in [4.69, 9.17) is 4.42 Å². The largest absolute Gasteiger partial charge is 0.454 e. The zero-order valence-electron chi connectivity index (χ0n) is 19.5. The molecule has 0 fully saturated rings. The van der Waals surface area contributed by atoms with E-state index in [9.17, 15) is 0 Å². The Kier molecular flexibility index (Phi) is 4.78. The number of hydrogen-bond donors (Lipinski definition) is 0. The van der Waals surface area contributed by atoms with Gasteiger partial charge in [-0.05, 0) is 58.3 Å². The molecule has 7 rings (SSSR count). The number of pyridine rings is 1. The van der Waals surface area contributed by atoms with E-state index in [1.54, 1.807) is 6.20 Å². The van der Waals surface area contributed by atoms with Crippen LogP contribution in [0.15, 0.2) is 138 Å². The van der Waals surface area contributed by atoms with Crippen LogP contribution in [0.4, 0.5) is 17.1 Å². The van der Waals surface area contributed by atoms with Gasteiger partial charge in [-0.2, -0.15) is 0 Å². The van der Waals surface area contributed by atoms with Gasteiger partial charge in [0.25, 0.3) is 0 Å². The van der Waals surface area contributed by atoms with Gasteiger partial charge in [-0.1, -0.05) is 84.9 Å². The quantitative estimate of drug-likeness (QED) is 0.261. The summed E-state index contributed by atoms with van der Waals surface area (Å²) in [6.07, 6.45) is 3.65. The first kappa shape index (κ1) is 20.5. The third-order valence-corrected chi connectivity index (χ3v) is 6.74. The summed E-state index contributed by atoms with van der Waals surface area (Å²) in [6, 6.07) is 42.5. The zero-order chi connectivity index (χ0) is 23.9. The molecule has 3 heteroatoms. The first-order chi connectivity index (χ1) is 17.8. The van der Waals surface area contributed by atoms with Gasteiger partial charge in [-0.25, -0.2) is 0 Å². The van der Waals surface area contributed by atoms with Gasteiger partial charge in [0.2, 0.25) is 0 Å². The van der Waals surface area contributed by atoms with Gasteiger partial charge < -0.3 is 9.32 Å². The third-order valence-electron chi connectivity index (χ3n) is 6.74. The number of para-hydroxylation sites is 1. The van der Waals surface area contributed by atoms with Crippen molar-refractivity contribution in [1.29, 1.82) is 0 Å². The van der Waals surface area contributed by atoms with Crippen LogP contribution in [-0.2, 0) is 0 Å². The lowest BCUT2D eigenvalue weighted by Gasteiger charge is -2.26. The lowest BCUT2D eigenvalue weighted by Crippen LogP contribution is -2.10. The molecule has 0 saturated carbocycles. The number of hydrogen-bond acceptors (Lipinski definition) is 3. The van der Waals surface area contributed by atoms with Crippen LogP contribution >= 0.6 is 0 Å². The molecule has 170 valence electrons. The molecule has 0 unspecified atom stereocenters. The highest BCUT2D eigenvalue weighted by atomic mass is 16.3. The highest BCUT2D eigenvalue weighted by molar-refractivity contribution is 6.10. The molecule has 0 spiro atoms. The Morgan fingerprint density at radius 1 is 0.556 bits per heavy atom. The van der Waals surface area contributed by atoms with Crippen LogP contribution < -0.4 is 4.90 Å². The number of benzene rings is 5. The van der Waals surface area contributed by atoms with Crippen molar-refractivity contribution in [1.82, 2.24) is 4.98 Å². The first-order valence-corrected chi connectivity index (χ1v) is 12.0. The Bertz CT molecular complexity index is 1840. The van der Waals surface area contributed by atoms with E-state index in [1.165, 1.54) is 21.9 Å². The second kappa shape index (κ2) is 8.40. The molecule has 0 aliphatic heterocycles. The predicted molar refractivity (Wildman–Crippen MR) is 149 cm³/mol. The van der Waals surface area contributed by atoms with Crippen molar-refractivity contribution < 1.29 is 4.42 Å². The summed E-state index contributed by atoms with van der Waals surface area (Å²) < 4.78 is 6.41. The topological polar surface area (TPSA) is 29.3 Å². The van der Waals surface area contributed by atoms with Crippen molar-refractivity contribution in [3.8, 4) is 11.1 Å². The molecule has 2 aromatic heterocycles. The molecule has 0 saturated heterocycles. The van der Waals surface area contributed by atoms with Gasteiger partial charge in [0.1, 0.15) is 5.58 Å². The van der Waals surface area contributed by atoms with Gasteiger partial charge in [-0.3, -0.25) is 4.98 Å². The highest BCUT2D eigenvalue weighted by Gasteiger charge is 2.19. The van der Waals surface area contributed by atoms with Crippen LogP contribution in [0.1, 0.15) is 0 Å². The molecule has 36 heavy (non-hydrogen) atoms. The van der Waals surface area contributed by atoms with Crippen LogP contribution in [0.25, 0.3) is 43.8 Å². The summed E-state index contributed by atoms with van der Waals surface area (Å²) in [6.45, 7) is 0. The minimum atomic E-state index is 0.838. The SMILES string of the molecule is c1ccc(-c2ccc(N(c3ccc4ccccc4c3)c3cccc4c3oc3ccncc34)cc2)cc1. The minimum Gasteiger partial charge on any atom is -0.454 e. The molecule has 7 aromatic rings. The maximum absolute atomic E-state index is 6.41. The van der Waals surface area contributed by atoms with Crippen molar-refractivity contribution in [2.45, 2.75) is 0 Å². The second-order valence-electron chi connectivity index (χ2n) is 8.91. The fourth-order valence-electron chi connectivity index (χ4n) is 4.98. The van der Waals surface area contributed by atoms with E-state index < -0.39 is 0 Å². The lowest BCUT2D eigenvalue weighted by atomic mass is 10.0. The van der Waals surface area contributed by atoms with E-state index >= 15 is 0 Å². The monoisotopic (exact) mass is 462 g/mol. The number of aromatic nitrogens is 1. The number of anilines is 3. The molecule has 0 aliphatic carbocycles. The van der Waals surface area contributed by atoms with Crippen molar-refractivity contribution in [3.63, 3.8) is 0 Å². The average molecular weight is 463 g/mol. The Morgan fingerprint density at radius 3 is 2.17 bits per heavy atom. The lowest BCUT2D eigenvalue weighted by molar-refractivity contribution is 0.668. The fourth-order valence-corrected chi connectivity index (χ4v) is 4.98. The smallest absolute Gasteiger partial charge is 0.159 e.